The number of esters is 1. The molecule has 0 aromatic carbocycles. The second-order valence-electron chi connectivity index (χ2n) is 5.93. The summed E-state index contributed by atoms with van der Waals surface area (Å²) < 4.78 is 6.45. The number of hydrogen-bond donors (Lipinski definition) is 1. The first-order chi connectivity index (χ1) is 11.6. The molecule has 3 rings (SSSR count). The molecule has 1 aliphatic heterocycles. The molecule has 0 aliphatic carbocycles. The zero-order valence-corrected chi connectivity index (χ0v) is 14.0. The maximum absolute atomic E-state index is 11.9. The minimum atomic E-state index is -0.590. The number of aryl methyl sites for hydroxylation is 1. The second kappa shape index (κ2) is 6.86. The Labute approximate surface area is 140 Å². The largest absolute Gasteiger partial charge is 0.464 e. The highest BCUT2D eigenvalue weighted by molar-refractivity contribution is 5.93. The number of rotatable bonds is 3. The van der Waals surface area contributed by atoms with Gasteiger partial charge in [0, 0.05) is 31.9 Å². The van der Waals surface area contributed by atoms with Crippen molar-refractivity contribution >= 4 is 17.6 Å². The predicted molar refractivity (Wildman–Crippen MR) is 90.7 cm³/mol. The second-order valence-corrected chi connectivity index (χ2v) is 5.93. The third-order valence-electron chi connectivity index (χ3n) is 4.17. The van der Waals surface area contributed by atoms with Crippen LogP contribution in [0, 0.1) is 0 Å². The third-order valence-corrected chi connectivity index (χ3v) is 4.17. The van der Waals surface area contributed by atoms with Crippen LogP contribution in [0.4, 0.5) is 11.6 Å². The van der Waals surface area contributed by atoms with E-state index in [1.807, 2.05) is 13.2 Å². The molecule has 128 valence electrons. The molecule has 1 saturated heterocycles. The van der Waals surface area contributed by atoms with Crippen molar-refractivity contribution in [2.24, 2.45) is 7.05 Å². The molecule has 0 bridgehead atoms. The lowest BCUT2D eigenvalue weighted by atomic mass is 10.2. The topological polar surface area (TPSA) is 99.2 Å². The summed E-state index contributed by atoms with van der Waals surface area (Å²) in [6.45, 7) is 1.80. The fourth-order valence-corrected chi connectivity index (χ4v) is 2.93. The van der Waals surface area contributed by atoms with Gasteiger partial charge in [0.05, 0.1) is 13.3 Å². The SMILES string of the molecule is COC(=O)c1nc(-c2cnn(C)c2)c(N2CCCCCC2)nc1N. The number of ether oxygens (including phenoxy) is 1. The highest BCUT2D eigenvalue weighted by atomic mass is 16.5. The standard InChI is InChI=1S/C16H22N6O2/c1-21-10-11(9-18-21)12-15(22-7-5-3-4-6-8-22)20-14(17)13(19-12)16(23)24-2/h9-10H,3-8H2,1-2H3,(H2,17,20). The number of carbonyl (C=O) groups is 1. The van der Waals surface area contributed by atoms with Crippen LogP contribution < -0.4 is 10.6 Å². The van der Waals surface area contributed by atoms with E-state index in [-0.39, 0.29) is 11.5 Å². The molecule has 2 aromatic rings. The van der Waals surface area contributed by atoms with E-state index in [9.17, 15) is 4.79 Å². The van der Waals surface area contributed by atoms with Crippen molar-refractivity contribution in [3.8, 4) is 11.3 Å². The van der Waals surface area contributed by atoms with Crippen LogP contribution in [0.2, 0.25) is 0 Å². The number of nitrogens with two attached hydrogens (primary N) is 1. The van der Waals surface area contributed by atoms with Crippen molar-refractivity contribution < 1.29 is 9.53 Å². The van der Waals surface area contributed by atoms with Gasteiger partial charge < -0.3 is 15.4 Å². The molecule has 0 radical (unpaired) electrons. The van der Waals surface area contributed by atoms with Gasteiger partial charge in [-0.2, -0.15) is 5.10 Å². The van der Waals surface area contributed by atoms with E-state index < -0.39 is 5.97 Å². The van der Waals surface area contributed by atoms with Gasteiger partial charge in [-0.05, 0) is 12.8 Å². The van der Waals surface area contributed by atoms with Gasteiger partial charge in [0.2, 0.25) is 0 Å². The Morgan fingerprint density at radius 2 is 1.92 bits per heavy atom. The quantitative estimate of drug-likeness (QED) is 0.854. The van der Waals surface area contributed by atoms with Gasteiger partial charge in [-0.1, -0.05) is 12.8 Å². The molecule has 2 N–H and O–H groups in total. The van der Waals surface area contributed by atoms with Crippen LogP contribution in [0.5, 0.6) is 0 Å². The number of methoxy groups -OCH3 is 1. The highest BCUT2D eigenvalue weighted by Gasteiger charge is 2.23. The number of anilines is 2. The molecular weight excluding hydrogens is 308 g/mol. The summed E-state index contributed by atoms with van der Waals surface area (Å²) in [5, 5.41) is 4.20. The first-order valence-corrected chi connectivity index (χ1v) is 8.10. The number of nitrogen functional groups attached to an aromatic ring is 1. The molecule has 3 heterocycles. The Kier molecular flexibility index (Phi) is 4.64. The number of aromatic nitrogens is 4. The van der Waals surface area contributed by atoms with E-state index in [0.717, 1.165) is 31.5 Å². The zero-order chi connectivity index (χ0) is 17.1. The minimum Gasteiger partial charge on any atom is -0.464 e. The van der Waals surface area contributed by atoms with Crippen LogP contribution >= 0.6 is 0 Å². The zero-order valence-electron chi connectivity index (χ0n) is 14.0. The van der Waals surface area contributed by atoms with Crippen molar-refractivity contribution in [1.29, 1.82) is 0 Å². The van der Waals surface area contributed by atoms with Crippen LogP contribution in [0.15, 0.2) is 12.4 Å². The molecule has 24 heavy (non-hydrogen) atoms. The molecule has 1 fully saturated rings. The van der Waals surface area contributed by atoms with Crippen LogP contribution in [0.3, 0.4) is 0 Å². The predicted octanol–water partition coefficient (Wildman–Crippen LogP) is 1.63. The van der Waals surface area contributed by atoms with Gasteiger partial charge in [-0.25, -0.2) is 14.8 Å². The van der Waals surface area contributed by atoms with Gasteiger partial charge >= 0.3 is 5.97 Å². The van der Waals surface area contributed by atoms with E-state index in [4.69, 9.17) is 10.5 Å². The summed E-state index contributed by atoms with van der Waals surface area (Å²) >= 11 is 0. The smallest absolute Gasteiger partial charge is 0.360 e. The number of carbonyl (C=O) groups excluding carboxylic acids is 1. The van der Waals surface area contributed by atoms with Gasteiger partial charge in [0.1, 0.15) is 5.69 Å². The summed E-state index contributed by atoms with van der Waals surface area (Å²) in [7, 11) is 3.14. The molecule has 2 aromatic heterocycles. The summed E-state index contributed by atoms with van der Waals surface area (Å²) in [6, 6.07) is 0. The van der Waals surface area contributed by atoms with Crippen LogP contribution in [-0.4, -0.2) is 45.9 Å². The lowest BCUT2D eigenvalue weighted by molar-refractivity contribution is 0.0595. The maximum atomic E-state index is 11.9. The van der Waals surface area contributed by atoms with Crippen LogP contribution in [0.1, 0.15) is 36.2 Å². The molecular formula is C16H22N6O2. The summed E-state index contributed by atoms with van der Waals surface area (Å²) in [5.41, 5.74) is 7.42. The first-order valence-electron chi connectivity index (χ1n) is 8.10. The Morgan fingerprint density at radius 3 is 2.50 bits per heavy atom. The third kappa shape index (κ3) is 3.17. The van der Waals surface area contributed by atoms with Crippen LogP contribution in [-0.2, 0) is 11.8 Å². The summed E-state index contributed by atoms with van der Waals surface area (Å²) in [4.78, 5) is 23.1. The van der Waals surface area contributed by atoms with Crippen molar-refractivity contribution in [2.45, 2.75) is 25.7 Å². The van der Waals surface area contributed by atoms with Crippen LogP contribution in [0.25, 0.3) is 11.3 Å². The molecule has 0 amide bonds. The van der Waals surface area contributed by atoms with E-state index in [1.54, 1.807) is 10.9 Å². The molecule has 0 saturated carbocycles. The van der Waals surface area contributed by atoms with Gasteiger partial charge in [-0.3, -0.25) is 4.68 Å². The van der Waals surface area contributed by atoms with E-state index in [2.05, 4.69) is 20.0 Å². The Bertz CT molecular complexity index is 734. The Morgan fingerprint density at radius 1 is 1.21 bits per heavy atom. The molecule has 0 spiro atoms. The lowest BCUT2D eigenvalue weighted by Crippen LogP contribution is -2.27. The van der Waals surface area contributed by atoms with Crippen molar-refractivity contribution in [3.05, 3.63) is 18.1 Å². The fraction of sp³-hybridized carbons (Fsp3) is 0.500. The molecule has 1 aliphatic rings. The molecule has 0 atom stereocenters. The number of hydrogen-bond acceptors (Lipinski definition) is 7. The Hall–Kier alpha value is -2.64. The molecule has 0 unspecified atom stereocenters. The number of nitrogens with zero attached hydrogens (tertiary/aromatic N) is 5. The maximum Gasteiger partial charge on any atom is 0.360 e. The Balaban J connectivity index is 2.11. The summed E-state index contributed by atoms with van der Waals surface area (Å²) in [5.74, 6) is 0.205. The highest BCUT2D eigenvalue weighted by Crippen LogP contribution is 2.30. The van der Waals surface area contributed by atoms with Gasteiger partial charge in [-0.15, -0.1) is 0 Å². The van der Waals surface area contributed by atoms with Gasteiger partial charge in [0.15, 0.2) is 17.3 Å². The van der Waals surface area contributed by atoms with Gasteiger partial charge in [0.25, 0.3) is 0 Å². The molecule has 8 heteroatoms. The monoisotopic (exact) mass is 330 g/mol. The summed E-state index contributed by atoms with van der Waals surface area (Å²) in [6.07, 6.45) is 8.19. The van der Waals surface area contributed by atoms with Crippen molar-refractivity contribution in [2.75, 3.05) is 30.8 Å². The first kappa shape index (κ1) is 16.2. The van der Waals surface area contributed by atoms with E-state index in [1.165, 1.54) is 20.0 Å². The average molecular weight is 330 g/mol. The minimum absolute atomic E-state index is 0.0370. The fourth-order valence-electron chi connectivity index (χ4n) is 2.93. The molecule has 8 nitrogen and oxygen atoms in total. The van der Waals surface area contributed by atoms with Crippen molar-refractivity contribution in [3.63, 3.8) is 0 Å². The lowest BCUT2D eigenvalue weighted by Gasteiger charge is -2.24. The van der Waals surface area contributed by atoms with E-state index >= 15 is 0 Å². The van der Waals surface area contributed by atoms with Crippen molar-refractivity contribution in [1.82, 2.24) is 19.7 Å². The van der Waals surface area contributed by atoms with E-state index in [0.29, 0.717) is 11.5 Å². The average Bonchev–Trinajstić information content (AvgIpc) is 2.85. The normalized spacial score (nSPS) is 15.2.